The molecule has 4 rings (SSSR count). The average molecular weight is 186 g/mol. The molecule has 0 aliphatic heterocycles. The highest BCUT2D eigenvalue weighted by molar-refractivity contribution is 6.36. The minimum atomic E-state index is 0.804. The monoisotopic (exact) mass is 186 g/mol. The fourth-order valence-corrected chi connectivity index (χ4v) is 6.10. The number of rotatable bonds is 1. The Morgan fingerprint density at radius 1 is 1.00 bits per heavy atom. The van der Waals surface area contributed by atoms with Crippen LogP contribution < -0.4 is 0 Å². The highest BCUT2D eigenvalue weighted by atomic mass is 14.7. The van der Waals surface area contributed by atoms with E-state index in [1.807, 2.05) is 0 Å². The Kier molecular flexibility index (Phi) is 1.26. The van der Waals surface area contributed by atoms with Crippen molar-refractivity contribution in [3.63, 3.8) is 0 Å². The van der Waals surface area contributed by atoms with Crippen LogP contribution in [0.2, 0.25) is 5.72 Å². The van der Waals surface area contributed by atoms with E-state index in [1.54, 1.807) is 38.5 Å². The predicted octanol–water partition coefficient (Wildman–Crippen LogP) is 1.22. The fraction of sp³-hybridized carbons (Fsp3) is 1.00. The molecule has 0 aromatic carbocycles. The molecule has 0 heterocycles. The van der Waals surface area contributed by atoms with Crippen molar-refractivity contribution < 1.29 is 0 Å². The quantitative estimate of drug-likeness (QED) is 0.540. The van der Waals surface area contributed by atoms with E-state index in [0.29, 0.717) is 0 Å². The Morgan fingerprint density at radius 3 is 2.64 bits per heavy atom. The third kappa shape index (κ3) is 0.676. The lowest BCUT2D eigenvalue weighted by Crippen LogP contribution is -2.42. The molecule has 0 aromatic heterocycles. The van der Waals surface area contributed by atoms with Gasteiger partial charge in [-0.15, -0.1) is 0 Å². The summed E-state index contributed by atoms with van der Waals surface area (Å²) in [6.07, 6.45) is 9.70. The van der Waals surface area contributed by atoms with E-state index >= 15 is 0 Å². The Morgan fingerprint density at radius 2 is 1.86 bits per heavy atom. The van der Waals surface area contributed by atoms with E-state index in [2.05, 4.69) is 15.7 Å². The van der Waals surface area contributed by atoms with E-state index < -0.39 is 0 Å². The molecule has 4 aliphatic carbocycles. The highest BCUT2D eigenvalue weighted by Crippen LogP contribution is 2.80. The normalized spacial score (nSPS) is 63.1. The van der Waals surface area contributed by atoms with Gasteiger partial charge in [-0.3, -0.25) is 0 Å². The largest absolute Gasteiger partial charge is 0.0963 e. The van der Waals surface area contributed by atoms with Crippen LogP contribution in [-0.2, 0) is 0 Å². The standard InChI is InChI=1S/C12H20B2/c13-10(14)11-3-7-1-8-2-9(5-11)12(8,4-7)6-11/h7-10H,1-6,13-14H2. The van der Waals surface area contributed by atoms with Crippen molar-refractivity contribution in [3.8, 4) is 0 Å². The van der Waals surface area contributed by atoms with Gasteiger partial charge in [-0.2, -0.15) is 0 Å². The summed E-state index contributed by atoms with van der Waals surface area (Å²) in [4.78, 5) is 0. The summed E-state index contributed by atoms with van der Waals surface area (Å²) in [6.45, 7) is 0. The van der Waals surface area contributed by atoms with Gasteiger partial charge in [0.2, 0.25) is 0 Å². The van der Waals surface area contributed by atoms with Gasteiger partial charge in [0.05, 0.1) is 15.7 Å². The Hall–Kier alpha value is 0.130. The maximum atomic E-state index is 2.49. The molecule has 5 atom stereocenters. The molecule has 1 spiro atoms. The lowest BCUT2D eigenvalue weighted by molar-refractivity contribution is -0.00214. The molecule has 2 heteroatoms. The van der Waals surface area contributed by atoms with Gasteiger partial charge in [0, 0.05) is 0 Å². The Balaban J connectivity index is 1.81. The van der Waals surface area contributed by atoms with Crippen molar-refractivity contribution in [1.29, 1.82) is 0 Å². The van der Waals surface area contributed by atoms with Gasteiger partial charge < -0.3 is 0 Å². The van der Waals surface area contributed by atoms with Gasteiger partial charge in [-0.05, 0) is 67.1 Å². The summed E-state index contributed by atoms with van der Waals surface area (Å²) in [5.41, 5.74) is 2.66. The van der Waals surface area contributed by atoms with Crippen molar-refractivity contribution in [1.82, 2.24) is 0 Å². The van der Waals surface area contributed by atoms with Gasteiger partial charge in [-0.1, -0.05) is 5.72 Å². The van der Waals surface area contributed by atoms with E-state index in [1.165, 1.54) is 11.8 Å². The number of hydrogen-bond acceptors (Lipinski definition) is 0. The second kappa shape index (κ2) is 2.13. The van der Waals surface area contributed by atoms with Crippen LogP contribution in [0, 0.1) is 28.6 Å². The van der Waals surface area contributed by atoms with Crippen molar-refractivity contribution in [3.05, 3.63) is 0 Å². The molecule has 0 saturated heterocycles. The number of fused-ring (bicyclic) bond motifs is 2. The van der Waals surface area contributed by atoms with Gasteiger partial charge in [0.1, 0.15) is 0 Å². The number of hydrogen-bond donors (Lipinski definition) is 0. The molecule has 0 radical (unpaired) electrons. The molecule has 4 fully saturated rings. The van der Waals surface area contributed by atoms with Crippen LogP contribution >= 0.6 is 0 Å². The lowest BCUT2D eigenvalue weighted by atomic mass is 9.50. The third-order valence-electron chi connectivity index (χ3n) is 6.74. The maximum absolute atomic E-state index is 2.49. The lowest BCUT2D eigenvalue weighted by Gasteiger charge is -2.49. The molecule has 4 aliphatic rings. The van der Waals surface area contributed by atoms with Crippen LogP contribution in [0.1, 0.15) is 38.5 Å². The zero-order valence-corrected chi connectivity index (χ0v) is 9.55. The van der Waals surface area contributed by atoms with E-state index in [4.69, 9.17) is 0 Å². The predicted molar refractivity (Wildman–Crippen MR) is 63.9 cm³/mol. The molecule has 0 amide bonds. The van der Waals surface area contributed by atoms with Crippen LogP contribution in [0.5, 0.6) is 0 Å². The molecule has 3 bridgehead atoms. The zero-order chi connectivity index (χ0) is 9.55. The molecule has 0 aromatic rings. The van der Waals surface area contributed by atoms with Crippen LogP contribution in [0.4, 0.5) is 0 Å². The minimum absolute atomic E-state index is 0.804. The third-order valence-corrected chi connectivity index (χ3v) is 6.74. The van der Waals surface area contributed by atoms with Crippen molar-refractivity contribution >= 4 is 15.7 Å². The van der Waals surface area contributed by atoms with E-state index in [9.17, 15) is 0 Å². The van der Waals surface area contributed by atoms with Crippen LogP contribution in [0.3, 0.4) is 0 Å². The molecular formula is C12H20B2. The molecule has 4 saturated carbocycles. The molecule has 0 nitrogen and oxygen atoms in total. The summed E-state index contributed by atoms with van der Waals surface area (Å²) in [5, 5.41) is 0. The summed E-state index contributed by atoms with van der Waals surface area (Å²) in [7, 11) is 4.97. The minimum Gasteiger partial charge on any atom is -0.0904 e. The zero-order valence-electron chi connectivity index (χ0n) is 9.55. The molecule has 14 heavy (non-hydrogen) atoms. The first-order valence-electron chi connectivity index (χ1n) is 6.65. The van der Waals surface area contributed by atoms with Crippen molar-refractivity contribution in [2.24, 2.45) is 28.6 Å². The first-order valence-corrected chi connectivity index (χ1v) is 6.65. The second-order valence-electron chi connectivity index (χ2n) is 7.27. The summed E-state index contributed by atoms with van der Waals surface area (Å²) < 4.78 is 0. The van der Waals surface area contributed by atoms with Crippen molar-refractivity contribution in [2.45, 2.75) is 44.2 Å². The molecular weight excluding hydrogens is 166 g/mol. The van der Waals surface area contributed by atoms with Gasteiger partial charge >= 0.3 is 0 Å². The molecule has 5 unspecified atom stereocenters. The maximum Gasteiger partial charge on any atom is 0.0963 e. The van der Waals surface area contributed by atoms with Crippen molar-refractivity contribution in [2.75, 3.05) is 0 Å². The topological polar surface area (TPSA) is 0 Å². The van der Waals surface area contributed by atoms with E-state index in [-0.39, 0.29) is 0 Å². The smallest absolute Gasteiger partial charge is 0.0904 e. The first kappa shape index (κ1) is 8.30. The Bertz CT molecular complexity index is 297. The SMILES string of the molecule is BC(B)C12CC3CC4CC(C1)C4(C3)C2. The summed E-state index contributed by atoms with van der Waals surface area (Å²) in [5.74, 6) is 3.49. The molecule has 74 valence electrons. The van der Waals surface area contributed by atoms with Crippen LogP contribution in [0.25, 0.3) is 0 Å². The summed E-state index contributed by atoms with van der Waals surface area (Å²) >= 11 is 0. The van der Waals surface area contributed by atoms with Gasteiger partial charge in [-0.25, -0.2) is 0 Å². The van der Waals surface area contributed by atoms with Crippen LogP contribution in [0.15, 0.2) is 0 Å². The first-order chi connectivity index (χ1) is 6.65. The van der Waals surface area contributed by atoms with E-state index in [0.717, 1.165) is 22.5 Å². The second-order valence-corrected chi connectivity index (χ2v) is 7.27. The highest BCUT2D eigenvalue weighted by Gasteiger charge is 2.70. The average Bonchev–Trinajstić information content (AvgIpc) is 2.42. The van der Waals surface area contributed by atoms with Gasteiger partial charge in [0.25, 0.3) is 0 Å². The van der Waals surface area contributed by atoms with Gasteiger partial charge in [0.15, 0.2) is 0 Å². The summed E-state index contributed by atoms with van der Waals surface area (Å²) in [6, 6.07) is 0. The van der Waals surface area contributed by atoms with Crippen LogP contribution in [-0.4, -0.2) is 15.7 Å². The Labute approximate surface area is 89.0 Å². The molecule has 0 N–H and O–H groups in total. The fourth-order valence-electron chi connectivity index (χ4n) is 6.10.